The van der Waals surface area contributed by atoms with E-state index in [-0.39, 0.29) is 29.5 Å². The van der Waals surface area contributed by atoms with Crippen LogP contribution in [0.15, 0.2) is 10.6 Å². The number of amides is 1. The van der Waals surface area contributed by atoms with Crippen molar-refractivity contribution in [3.8, 4) is 0 Å². The highest BCUT2D eigenvalue weighted by Gasteiger charge is 2.60. The highest BCUT2D eigenvalue weighted by atomic mass is 32.2. The largest absolute Gasteiger partial charge is 0.477 e. The number of amidine groups is 1. The van der Waals surface area contributed by atoms with Crippen molar-refractivity contribution in [1.82, 2.24) is 10.2 Å². The van der Waals surface area contributed by atoms with E-state index in [1.165, 1.54) is 4.90 Å². The van der Waals surface area contributed by atoms with Gasteiger partial charge in [0.25, 0.3) is 0 Å². The number of aliphatic carboxylic acids is 1. The maximum absolute atomic E-state index is 12.4. The number of carboxylic acids is 1. The van der Waals surface area contributed by atoms with Crippen LogP contribution in [0.3, 0.4) is 0 Å². The van der Waals surface area contributed by atoms with Crippen LogP contribution in [0.25, 0.3) is 0 Å². The van der Waals surface area contributed by atoms with Crippen LogP contribution in [0.4, 0.5) is 0 Å². The third-order valence-electron chi connectivity index (χ3n) is 7.34. The molecule has 2 aliphatic heterocycles. The number of carbonyl (C=O) groups excluding carboxylic acids is 1. The summed E-state index contributed by atoms with van der Waals surface area (Å²) >= 11 is 1.61. The standard InChI is InChI=1S/C21H32N4O4S/c1-9-16-15(10(2)26)20(27)25(16)17(21(28)29)18(9)30-14-7-13(8-14)24-12-5-3-11(4-6-12)19(22)23/h9-16,24,26H,3-8H2,1-2H3,(H3,22,23)(H,28,29)/t9-,10-,11?,12?,13?,14?,15-,16-/m1/s1. The van der Waals surface area contributed by atoms with Crippen molar-refractivity contribution in [1.29, 1.82) is 5.41 Å². The molecule has 0 radical (unpaired) electrons. The maximum Gasteiger partial charge on any atom is 0.353 e. The molecule has 0 spiro atoms. The van der Waals surface area contributed by atoms with Crippen molar-refractivity contribution in [3.63, 3.8) is 0 Å². The molecule has 30 heavy (non-hydrogen) atoms. The molecule has 1 amide bonds. The van der Waals surface area contributed by atoms with E-state index in [0.717, 1.165) is 43.4 Å². The number of aliphatic hydroxyl groups is 1. The van der Waals surface area contributed by atoms with E-state index < -0.39 is 18.0 Å². The molecule has 166 valence electrons. The molecule has 9 heteroatoms. The first-order valence-corrected chi connectivity index (χ1v) is 11.8. The van der Waals surface area contributed by atoms with Crippen LogP contribution < -0.4 is 11.1 Å². The van der Waals surface area contributed by atoms with Gasteiger partial charge >= 0.3 is 5.97 Å². The topological polar surface area (TPSA) is 140 Å². The van der Waals surface area contributed by atoms with Crippen LogP contribution in [0, 0.1) is 23.2 Å². The van der Waals surface area contributed by atoms with Crippen LogP contribution >= 0.6 is 11.8 Å². The summed E-state index contributed by atoms with van der Waals surface area (Å²) in [5.41, 5.74) is 5.75. The number of carboxylic acid groups (broad SMARTS) is 1. The van der Waals surface area contributed by atoms with E-state index in [9.17, 15) is 19.8 Å². The maximum atomic E-state index is 12.4. The summed E-state index contributed by atoms with van der Waals surface area (Å²) in [6.07, 6.45) is 5.24. The molecule has 1 saturated heterocycles. The van der Waals surface area contributed by atoms with Gasteiger partial charge < -0.3 is 26.2 Å². The zero-order valence-corrected chi connectivity index (χ0v) is 18.3. The summed E-state index contributed by atoms with van der Waals surface area (Å²) < 4.78 is 0. The van der Waals surface area contributed by atoms with Gasteiger partial charge in [-0.1, -0.05) is 6.92 Å². The van der Waals surface area contributed by atoms with Crippen LogP contribution in [-0.4, -0.2) is 62.3 Å². The Morgan fingerprint density at radius 2 is 1.90 bits per heavy atom. The number of nitrogens with two attached hydrogens (primary N) is 1. The predicted molar refractivity (Wildman–Crippen MR) is 115 cm³/mol. The van der Waals surface area contributed by atoms with Crippen LogP contribution in [0.5, 0.6) is 0 Å². The zero-order chi connectivity index (χ0) is 21.7. The molecule has 0 bridgehead atoms. The normalized spacial score (nSPS) is 39.2. The zero-order valence-electron chi connectivity index (χ0n) is 17.5. The lowest BCUT2D eigenvalue weighted by Crippen LogP contribution is -2.63. The molecule has 3 fully saturated rings. The average molecular weight is 437 g/mol. The Kier molecular flexibility index (Phi) is 5.89. The lowest BCUT2D eigenvalue weighted by Gasteiger charge is -2.46. The first kappa shape index (κ1) is 21.6. The van der Waals surface area contributed by atoms with Gasteiger partial charge in [-0.15, -0.1) is 11.8 Å². The summed E-state index contributed by atoms with van der Waals surface area (Å²) in [4.78, 5) is 26.5. The van der Waals surface area contributed by atoms with Crippen molar-refractivity contribution < 1.29 is 19.8 Å². The quantitative estimate of drug-likeness (QED) is 0.231. The Bertz CT molecular complexity index is 771. The predicted octanol–water partition coefficient (Wildman–Crippen LogP) is 1.49. The highest BCUT2D eigenvalue weighted by Crippen LogP contribution is 2.53. The minimum atomic E-state index is -1.06. The summed E-state index contributed by atoms with van der Waals surface area (Å²) in [7, 11) is 0. The van der Waals surface area contributed by atoms with E-state index >= 15 is 0 Å². The second-order valence-electron chi connectivity index (χ2n) is 9.35. The number of β-lactam (4-membered cyclic amide) rings is 1. The average Bonchev–Trinajstić information content (AvgIpc) is 2.89. The van der Waals surface area contributed by atoms with E-state index in [2.05, 4.69) is 5.32 Å². The third-order valence-corrected chi connectivity index (χ3v) is 8.88. The number of aliphatic hydroxyl groups excluding tert-OH is 1. The molecular weight excluding hydrogens is 404 g/mol. The summed E-state index contributed by atoms with van der Waals surface area (Å²) in [5.74, 6) is -1.36. The Balaban J connectivity index is 1.32. The molecule has 4 rings (SSSR count). The Morgan fingerprint density at radius 3 is 2.43 bits per heavy atom. The van der Waals surface area contributed by atoms with Gasteiger partial charge in [0.15, 0.2) is 0 Å². The Morgan fingerprint density at radius 1 is 1.27 bits per heavy atom. The van der Waals surface area contributed by atoms with Gasteiger partial charge in [0.1, 0.15) is 5.70 Å². The second-order valence-corrected chi connectivity index (χ2v) is 10.7. The minimum Gasteiger partial charge on any atom is -0.477 e. The van der Waals surface area contributed by atoms with Gasteiger partial charge in [-0.25, -0.2) is 4.79 Å². The minimum absolute atomic E-state index is 0.0627. The van der Waals surface area contributed by atoms with Crippen molar-refractivity contribution in [2.45, 2.75) is 81.9 Å². The van der Waals surface area contributed by atoms with Crippen LogP contribution in [0.2, 0.25) is 0 Å². The smallest absolute Gasteiger partial charge is 0.353 e. The first-order valence-electron chi connectivity index (χ1n) is 10.9. The van der Waals surface area contributed by atoms with E-state index in [4.69, 9.17) is 11.1 Å². The van der Waals surface area contributed by atoms with Gasteiger partial charge in [-0.3, -0.25) is 10.2 Å². The van der Waals surface area contributed by atoms with Crippen molar-refractivity contribution in [2.24, 2.45) is 23.5 Å². The monoisotopic (exact) mass is 436 g/mol. The van der Waals surface area contributed by atoms with Crippen molar-refractivity contribution >= 4 is 29.5 Å². The first-order chi connectivity index (χ1) is 14.2. The molecule has 2 saturated carbocycles. The number of rotatable bonds is 7. The lowest BCUT2D eigenvalue weighted by atomic mass is 9.79. The van der Waals surface area contributed by atoms with Gasteiger partial charge in [0, 0.05) is 34.1 Å². The summed E-state index contributed by atoms with van der Waals surface area (Å²) in [6, 6.07) is 0.675. The molecule has 0 aromatic heterocycles. The number of thioether (sulfide) groups is 1. The Hall–Kier alpha value is -1.58. The Labute approximate surface area is 181 Å². The third kappa shape index (κ3) is 3.65. The SMILES string of the molecule is C[C@@H](O)[C@H]1C(=O)N2C(C(=O)O)=C(SC3CC(NC4CCC(C(=N)N)CC4)C3)[C@H](C)[C@H]12. The van der Waals surface area contributed by atoms with Crippen LogP contribution in [-0.2, 0) is 9.59 Å². The lowest BCUT2D eigenvalue weighted by molar-refractivity contribution is -0.163. The molecule has 4 atom stereocenters. The molecule has 6 N–H and O–H groups in total. The van der Waals surface area contributed by atoms with Gasteiger partial charge in [0.05, 0.1) is 23.9 Å². The van der Waals surface area contributed by atoms with Gasteiger partial charge in [-0.05, 0) is 45.4 Å². The molecule has 0 aromatic rings. The highest BCUT2D eigenvalue weighted by molar-refractivity contribution is 8.03. The van der Waals surface area contributed by atoms with E-state index in [1.807, 2.05) is 6.92 Å². The van der Waals surface area contributed by atoms with E-state index in [1.54, 1.807) is 18.7 Å². The van der Waals surface area contributed by atoms with Crippen molar-refractivity contribution in [2.75, 3.05) is 0 Å². The number of nitrogens with zero attached hydrogens (tertiary/aromatic N) is 1. The van der Waals surface area contributed by atoms with Gasteiger partial charge in [-0.2, -0.15) is 0 Å². The summed E-state index contributed by atoms with van der Waals surface area (Å²) in [5, 5.41) is 31.3. The van der Waals surface area contributed by atoms with E-state index in [0.29, 0.717) is 23.2 Å². The number of carbonyl (C=O) groups is 2. The fourth-order valence-corrected chi connectivity index (χ4v) is 7.23. The molecule has 4 aliphatic rings. The number of fused-ring (bicyclic) bond motifs is 1. The fraction of sp³-hybridized carbons (Fsp3) is 0.762. The molecule has 2 aliphatic carbocycles. The second kappa shape index (κ2) is 8.16. The van der Waals surface area contributed by atoms with Crippen molar-refractivity contribution in [3.05, 3.63) is 10.6 Å². The molecular formula is C21H32N4O4S. The molecule has 8 nitrogen and oxygen atoms in total. The number of hydrogen-bond acceptors (Lipinski definition) is 6. The number of hydrogen-bond donors (Lipinski definition) is 5. The van der Waals surface area contributed by atoms with Crippen LogP contribution in [0.1, 0.15) is 52.4 Å². The van der Waals surface area contributed by atoms with Gasteiger partial charge in [0.2, 0.25) is 5.91 Å². The fourth-order valence-electron chi connectivity index (χ4n) is 5.56. The molecule has 0 unspecified atom stereocenters. The molecule has 0 aromatic carbocycles. The molecule has 2 heterocycles. The summed E-state index contributed by atoms with van der Waals surface area (Å²) in [6.45, 7) is 3.57. The number of nitrogens with one attached hydrogen (secondary N) is 2.